The number of carbonyl (C=O) groups is 1. The van der Waals surface area contributed by atoms with Crippen molar-refractivity contribution in [2.45, 2.75) is 52.5 Å². The summed E-state index contributed by atoms with van der Waals surface area (Å²) >= 11 is 0. The van der Waals surface area contributed by atoms with Crippen LogP contribution in [-0.2, 0) is 16.1 Å². The predicted octanol–water partition coefficient (Wildman–Crippen LogP) is 1.86. The molecular weight excluding hydrogens is 340 g/mol. The Labute approximate surface area is 163 Å². The van der Waals surface area contributed by atoms with Gasteiger partial charge in [0.2, 0.25) is 5.91 Å². The molecule has 0 bridgehead atoms. The molecule has 1 aromatic rings. The zero-order chi connectivity index (χ0) is 19.4. The molecule has 3 rings (SSSR count). The number of pyridine rings is 1. The summed E-state index contributed by atoms with van der Waals surface area (Å²) in [7, 11) is 0. The van der Waals surface area contributed by atoms with E-state index in [1.165, 1.54) is 5.56 Å². The van der Waals surface area contributed by atoms with E-state index in [-0.39, 0.29) is 24.2 Å². The quantitative estimate of drug-likeness (QED) is 0.787. The predicted molar refractivity (Wildman–Crippen MR) is 106 cm³/mol. The first kappa shape index (κ1) is 20.2. The van der Waals surface area contributed by atoms with Gasteiger partial charge in [0, 0.05) is 58.2 Å². The summed E-state index contributed by atoms with van der Waals surface area (Å²) in [5.41, 5.74) is 1.28. The number of piperazine rings is 1. The first-order valence-corrected chi connectivity index (χ1v) is 10.2. The van der Waals surface area contributed by atoms with E-state index >= 15 is 0 Å². The lowest BCUT2D eigenvalue weighted by Gasteiger charge is -2.44. The van der Waals surface area contributed by atoms with E-state index in [0.29, 0.717) is 5.92 Å². The van der Waals surface area contributed by atoms with Crippen LogP contribution in [0.3, 0.4) is 0 Å². The molecule has 2 fully saturated rings. The van der Waals surface area contributed by atoms with Gasteiger partial charge < -0.3 is 9.64 Å². The molecule has 2 saturated heterocycles. The molecule has 6 nitrogen and oxygen atoms in total. The highest BCUT2D eigenvalue weighted by Crippen LogP contribution is 2.21. The van der Waals surface area contributed by atoms with Gasteiger partial charge in [-0.3, -0.25) is 19.6 Å². The highest BCUT2D eigenvalue weighted by Gasteiger charge is 2.37. The summed E-state index contributed by atoms with van der Waals surface area (Å²) in [6.45, 7) is 14.6. The molecule has 1 amide bonds. The zero-order valence-corrected chi connectivity index (χ0v) is 17.2. The Morgan fingerprint density at radius 2 is 1.70 bits per heavy atom. The molecule has 0 N–H and O–H groups in total. The standard InChI is InChI=1S/C21H34N4O2/c1-16(2)20(25-13-17(3)27-18(4)14-25)21(26)24-11-9-23(10-12-24)15-19-5-7-22-8-6-19/h5-8,16-18,20H,9-15H2,1-4H3. The van der Waals surface area contributed by atoms with Crippen LogP contribution in [-0.4, -0.2) is 83.1 Å². The number of hydrogen-bond acceptors (Lipinski definition) is 5. The van der Waals surface area contributed by atoms with Crippen LogP contribution in [0.4, 0.5) is 0 Å². The van der Waals surface area contributed by atoms with Gasteiger partial charge in [0.05, 0.1) is 18.2 Å². The third-order valence-corrected chi connectivity index (χ3v) is 5.57. The van der Waals surface area contributed by atoms with E-state index < -0.39 is 0 Å². The Balaban J connectivity index is 1.57. The monoisotopic (exact) mass is 374 g/mol. The molecule has 0 aliphatic carbocycles. The summed E-state index contributed by atoms with van der Waals surface area (Å²) in [5, 5.41) is 0. The second kappa shape index (κ2) is 9.13. The van der Waals surface area contributed by atoms with Gasteiger partial charge in [-0.1, -0.05) is 13.8 Å². The number of rotatable bonds is 5. The minimum absolute atomic E-state index is 0.0504. The Morgan fingerprint density at radius 3 is 2.26 bits per heavy atom. The molecule has 1 aromatic heterocycles. The van der Waals surface area contributed by atoms with Gasteiger partial charge in [0.25, 0.3) is 0 Å². The van der Waals surface area contributed by atoms with E-state index in [1.807, 2.05) is 12.4 Å². The van der Waals surface area contributed by atoms with E-state index in [0.717, 1.165) is 45.8 Å². The molecule has 6 heteroatoms. The number of morpholine rings is 1. The van der Waals surface area contributed by atoms with Crippen molar-refractivity contribution in [1.82, 2.24) is 19.7 Å². The fourth-order valence-electron chi connectivity index (χ4n) is 4.37. The SMILES string of the molecule is CC1CN(C(C(=O)N2CCN(Cc3ccncc3)CC2)C(C)C)CC(C)O1. The van der Waals surface area contributed by atoms with Crippen LogP contribution in [0, 0.1) is 5.92 Å². The fourth-order valence-corrected chi connectivity index (χ4v) is 4.37. The lowest BCUT2D eigenvalue weighted by molar-refractivity contribution is -0.147. The van der Waals surface area contributed by atoms with E-state index in [1.54, 1.807) is 0 Å². The molecule has 2 aliphatic rings. The molecule has 3 atom stereocenters. The third kappa shape index (κ3) is 5.27. The summed E-state index contributed by atoms with van der Waals surface area (Å²) in [4.78, 5) is 24.2. The summed E-state index contributed by atoms with van der Waals surface area (Å²) < 4.78 is 5.86. The zero-order valence-electron chi connectivity index (χ0n) is 17.2. The highest BCUT2D eigenvalue weighted by molar-refractivity contribution is 5.82. The van der Waals surface area contributed by atoms with Gasteiger partial charge >= 0.3 is 0 Å². The van der Waals surface area contributed by atoms with Crippen LogP contribution in [0.1, 0.15) is 33.3 Å². The normalized spacial score (nSPS) is 26.3. The number of amides is 1. The largest absolute Gasteiger partial charge is 0.373 e. The van der Waals surface area contributed by atoms with Crippen molar-refractivity contribution in [3.63, 3.8) is 0 Å². The van der Waals surface area contributed by atoms with Crippen molar-refractivity contribution in [2.24, 2.45) is 5.92 Å². The number of ether oxygens (including phenoxy) is 1. The maximum Gasteiger partial charge on any atom is 0.240 e. The fraction of sp³-hybridized carbons (Fsp3) is 0.714. The van der Waals surface area contributed by atoms with Crippen molar-refractivity contribution in [2.75, 3.05) is 39.3 Å². The van der Waals surface area contributed by atoms with Crippen LogP contribution in [0.5, 0.6) is 0 Å². The summed E-state index contributed by atoms with van der Waals surface area (Å²) in [6, 6.07) is 4.07. The molecule has 0 radical (unpaired) electrons. The van der Waals surface area contributed by atoms with Crippen LogP contribution < -0.4 is 0 Å². The van der Waals surface area contributed by atoms with E-state index in [4.69, 9.17) is 4.74 Å². The molecule has 3 heterocycles. The van der Waals surface area contributed by atoms with Gasteiger partial charge in [-0.05, 0) is 37.5 Å². The van der Waals surface area contributed by atoms with Crippen molar-refractivity contribution in [3.05, 3.63) is 30.1 Å². The summed E-state index contributed by atoms with van der Waals surface area (Å²) in [5.74, 6) is 0.583. The van der Waals surface area contributed by atoms with Gasteiger partial charge in [-0.2, -0.15) is 0 Å². The number of hydrogen-bond donors (Lipinski definition) is 0. The molecular formula is C21H34N4O2. The lowest BCUT2D eigenvalue weighted by Crippen LogP contribution is -2.59. The lowest BCUT2D eigenvalue weighted by atomic mass is 9.98. The van der Waals surface area contributed by atoms with Gasteiger partial charge in [0.15, 0.2) is 0 Å². The Bertz CT molecular complexity index is 591. The van der Waals surface area contributed by atoms with Crippen LogP contribution >= 0.6 is 0 Å². The average molecular weight is 375 g/mol. The Kier molecular flexibility index (Phi) is 6.84. The maximum absolute atomic E-state index is 13.3. The van der Waals surface area contributed by atoms with Crippen molar-refractivity contribution < 1.29 is 9.53 Å². The van der Waals surface area contributed by atoms with Gasteiger partial charge in [0.1, 0.15) is 0 Å². The van der Waals surface area contributed by atoms with Crippen LogP contribution in [0.15, 0.2) is 24.5 Å². The van der Waals surface area contributed by atoms with E-state index in [2.05, 4.69) is 59.5 Å². The number of nitrogens with zero attached hydrogens (tertiary/aromatic N) is 4. The topological polar surface area (TPSA) is 48.9 Å². The minimum Gasteiger partial charge on any atom is -0.373 e. The molecule has 3 unspecified atom stereocenters. The average Bonchev–Trinajstić information content (AvgIpc) is 2.62. The Hall–Kier alpha value is -1.50. The van der Waals surface area contributed by atoms with Crippen LogP contribution in [0.2, 0.25) is 0 Å². The van der Waals surface area contributed by atoms with Crippen molar-refractivity contribution >= 4 is 5.91 Å². The Morgan fingerprint density at radius 1 is 1.11 bits per heavy atom. The van der Waals surface area contributed by atoms with Crippen LogP contribution in [0.25, 0.3) is 0 Å². The number of aromatic nitrogens is 1. The first-order valence-electron chi connectivity index (χ1n) is 10.2. The minimum atomic E-state index is -0.0504. The van der Waals surface area contributed by atoms with Crippen molar-refractivity contribution in [3.8, 4) is 0 Å². The smallest absolute Gasteiger partial charge is 0.240 e. The molecule has 0 saturated carbocycles. The second-order valence-corrected chi connectivity index (χ2v) is 8.36. The third-order valence-electron chi connectivity index (χ3n) is 5.57. The van der Waals surface area contributed by atoms with Crippen molar-refractivity contribution in [1.29, 1.82) is 0 Å². The molecule has 27 heavy (non-hydrogen) atoms. The molecule has 0 spiro atoms. The van der Waals surface area contributed by atoms with E-state index in [9.17, 15) is 4.79 Å². The van der Waals surface area contributed by atoms with Gasteiger partial charge in [-0.25, -0.2) is 0 Å². The van der Waals surface area contributed by atoms with Gasteiger partial charge in [-0.15, -0.1) is 0 Å². The highest BCUT2D eigenvalue weighted by atomic mass is 16.5. The first-order chi connectivity index (χ1) is 12.9. The molecule has 0 aromatic carbocycles. The summed E-state index contributed by atoms with van der Waals surface area (Å²) in [6.07, 6.45) is 4.04. The molecule has 150 valence electrons. The molecule has 2 aliphatic heterocycles. The maximum atomic E-state index is 13.3. The second-order valence-electron chi connectivity index (χ2n) is 8.36. The number of carbonyl (C=O) groups excluding carboxylic acids is 1.